The van der Waals surface area contributed by atoms with Gasteiger partial charge >= 0.3 is 6.09 Å². The predicted molar refractivity (Wildman–Crippen MR) is 308 cm³/mol. The van der Waals surface area contributed by atoms with Gasteiger partial charge in [0.25, 0.3) is 11.8 Å². The lowest BCUT2D eigenvalue weighted by molar-refractivity contribution is 0.0526. The Morgan fingerprint density at radius 1 is 0.525 bits per heavy atom. The van der Waals surface area contributed by atoms with E-state index in [2.05, 4.69) is 83.3 Å². The number of nitrogens with one attached hydrogen (secondary N) is 4. The van der Waals surface area contributed by atoms with Crippen molar-refractivity contribution in [2.24, 2.45) is 5.73 Å². The van der Waals surface area contributed by atoms with E-state index in [1.54, 1.807) is 74.1 Å². The lowest BCUT2D eigenvalue weighted by atomic mass is 9.77. The third-order valence-electron chi connectivity index (χ3n) is 11.6. The number of H-pyrrole nitrogens is 1. The standard InChI is InChI=1S/C22H20N4.C21H26N2O4.C16H18N2O2.C3H6N4/c1-2-21-23-25-26(24-21)22(18-12-6-3-7-13-18,19-14-8-4-9-15-19)20-16-10-5-11-17-20;1-21(2,3)27-20(25)23-14-13-22-19(24)17-9-11-18(12-10-17)26-15-16-7-5-4-6-8-16;17-10-11-18-16(19)14-6-8-15(9-7-14)20-12-13-4-2-1-3-5-13;1-2-3-4-6-7-5-3/h3-17H,2H2,1H3;4-12H,13-15H2,1-3H3,(H,22,24)(H,23,25);1-9H,10-12,17H2,(H,18,19);2H2,1H3,(H,4,5,6,7). The van der Waals surface area contributed by atoms with E-state index in [0.717, 1.165) is 58.1 Å². The Morgan fingerprint density at radius 2 is 0.938 bits per heavy atom. The average molecular weight is 1080 g/mol. The van der Waals surface area contributed by atoms with Crippen LogP contribution >= 0.6 is 0 Å². The lowest BCUT2D eigenvalue weighted by Crippen LogP contribution is -2.39. The van der Waals surface area contributed by atoms with Gasteiger partial charge in [-0.05, 0) is 102 Å². The quantitative estimate of drug-likeness (QED) is 0.0375. The van der Waals surface area contributed by atoms with E-state index in [-0.39, 0.29) is 11.8 Å². The van der Waals surface area contributed by atoms with Gasteiger partial charge in [0.05, 0.1) is 0 Å². The van der Waals surface area contributed by atoms with E-state index in [1.807, 2.05) is 129 Å². The van der Waals surface area contributed by atoms with Crippen molar-refractivity contribution in [2.75, 3.05) is 26.2 Å². The first kappa shape index (κ1) is 59.7. The zero-order chi connectivity index (χ0) is 56.8. The molecule has 0 saturated heterocycles. The van der Waals surface area contributed by atoms with E-state index >= 15 is 0 Å². The molecule has 0 atom stereocenters. The molecule has 9 aromatic rings. The third kappa shape index (κ3) is 18.9. The fourth-order valence-electron chi connectivity index (χ4n) is 7.68. The fraction of sp³-hybridized carbons (Fsp3) is 0.242. The summed E-state index contributed by atoms with van der Waals surface area (Å²) in [6.45, 7) is 11.9. The molecule has 80 heavy (non-hydrogen) atoms. The molecule has 0 aliphatic heterocycles. The van der Waals surface area contributed by atoms with Crippen molar-refractivity contribution >= 4 is 17.9 Å². The van der Waals surface area contributed by atoms with Crippen LogP contribution in [0.4, 0.5) is 4.79 Å². The van der Waals surface area contributed by atoms with Crippen LogP contribution in [0.2, 0.25) is 0 Å². The zero-order valence-corrected chi connectivity index (χ0v) is 45.9. The summed E-state index contributed by atoms with van der Waals surface area (Å²) in [5, 5.41) is 34.6. The first-order valence-corrected chi connectivity index (χ1v) is 26.4. The van der Waals surface area contributed by atoms with Crippen molar-refractivity contribution < 1.29 is 28.6 Å². The number of aryl methyl sites for hydroxylation is 2. The Morgan fingerprint density at radius 3 is 1.30 bits per heavy atom. The first-order valence-electron chi connectivity index (χ1n) is 26.4. The van der Waals surface area contributed by atoms with Crippen LogP contribution in [0.3, 0.4) is 0 Å². The summed E-state index contributed by atoms with van der Waals surface area (Å²) in [5.41, 5.74) is 10.7. The number of benzene rings is 7. The molecule has 0 spiro atoms. The summed E-state index contributed by atoms with van der Waals surface area (Å²) >= 11 is 0. The minimum atomic E-state index is -0.676. The van der Waals surface area contributed by atoms with Crippen LogP contribution < -0.4 is 31.2 Å². The van der Waals surface area contributed by atoms with Gasteiger partial charge in [0.2, 0.25) is 0 Å². The van der Waals surface area contributed by atoms with Crippen molar-refractivity contribution in [3.8, 4) is 11.5 Å². The molecule has 0 unspecified atom stereocenters. The third-order valence-corrected chi connectivity index (χ3v) is 11.6. The minimum Gasteiger partial charge on any atom is -0.489 e. The smallest absolute Gasteiger partial charge is 0.407 e. The van der Waals surface area contributed by atoms with Crippen molar-refractivity contribution in [1.82, 2.24) is 56.8 Å². The van der Waals surface area contributed by atoms with Gasteiger partial charge in [-0.2, -0.15) is 5.21 Å². The van der Waals surface area contributed by atoms with Crippen LogP contribution in [0.5, 0.6) is 11.5 Å². The average Bonchev–Trinajstić information content (AvgIpc) is 4.26. The number of hydrogen-bond acceptors (Lipinski definition) is 13. The number of carbonyl (C=O) groups is 3. The van der Waals surface area contributed by atoms with Crippen LogP contribution in [0.25, 0.3) is 0 Å². The number of nitrogens with zero attached hydrogens (tertiary/aromatic N) is 7. The molecule has 0 saturated carbocycles. The van der Waals surface area contributed by atoms with Crippen LogP contribution in [-0.2, 0) is 36.3 Å². The number of tetrazole rings is 2. The second-order valence-corrected chi connectivity index (χ2v) is 18.7. The summed E-state index contributed by atoms with van der Waals surface area (Å²) in [4.78, 5) is 37.1. The van der Waals surface area contributed by atoms with Crippen molar-refractivity contribution in [1.29, 1.82) is 0 Å². The summed E-state index contributed by atoms with van der Waals surface area (Å²) in [6.07, 6.45) is 1.09. The normalized spacial score (nSPS) is 10.7. The maximum atomic E-state index is 12.1. The second kappa shape index (κ2) is 31.6. The van der Waals surface area contributed by atoms with Crippen LogP contribution in [0, 0.1) is 0 Å². The largest absolute Gasteiger partial charge is 0.489 e. The van der Waals surface area contributed by atoms with Gasteiger partial charge in [-0.3, -0.25) is 9.59 Å². The van der Waals surface area contributed by atoms with Gasteiger partial charge in [0, 0.05) is 50.1 Å². The number of aromatic nitrogens is 8. The van der Waals surface area contributed by atoms with Crippen LogP contribution in [0.15, 0.2) is 200 Å². The number of carbonyl (C=O) groups excluding carboxylic acids is 3. The Labute approximate surface area is 467 Å². The minimum absolute atomic E-state index is 0.120. The van der Waals surface area contributed by atoms with Gasteiger partial charge in [0.15, 0.2) is 17.2 Å². The Bertz CT molecular complexity index is 3070. The Hall–Kier alpha value is -9.55. The summed E-state index contributed by atoms with van der Waals surface area (Å²) < 4.78 is 16.5. The number of amides is 3. The number of rotatable bonds is 19. The monoisotopic (exact) mass is 1080 g/mol. The fourth-order valence-corrected chi connectivity index (χ4v) is 7.68. The van der Waals surface area contributed by atoms with Gasteiger partial charge in [0.1, 0.15) is 30.3 Å². The van der Waals surface area contributed by atoms with Gasteiger partial charge in [-0.25, -0.2) is 4.79 Å². The molecule has 7 aromatic carbocycles. The number of ether oxygens (including phenoxy) is 3. The maximum absolute atomic E-state index is 12.1. The molecule has 414 valence electrons. The molecule has 0 aliphatic rings. The topological polar surface area (TPSA) is 239 Å². The van der Waals surface area contributed by atoms with Crippen molar-refractivity contribution in [2.45, 2.75) is 71.8 Å². The van der Waals surface area contributed by atoms with E-state index in [1.165, 1.54) is 0 Å². The molecular weight excluding hydrogens is 1010 g/mol. The highest BCUT2D eigenvalue weighted by atomic mass is 16.6. The molecule has 6 N–H and O–H groups in total. The highest BCUT2D eigenvalue weighted by Gasteiger charge is 2.41. The van der Waals surface area contributed by atoms with Crippen molar-refractivity contribution in [3.63, 3.8) is 0 Å². The van der Waals surface area contributed by atoms with E-state index < -0.39 is 17.2 Å². The summed E-state index contributed by atoms with van der Waals surface area (Å²) in [7, 11) is 0. The van der Waals surface area contributed by atoms with Gasteiger partial charge < -0.3 is 35.9 Å². The second-order valence-electron chi connectivity index (χ2n) is 18.7. The maximum Gasteiger partial charge on any atom is 0.407 e. The highest BCUT2D eigenvalue weighted by molar-refractivity contribution is 5.94. The Balaban J connectivity index is 0.000000184. The number of aromatic amines is 1. The lowest BCUT2D eigenvalue weighted by Gasteiger charge is -2.34. The number of nitrogens with two attached hydrogens (primary N) is 1. The zero-order valence-electron chi connectivity index (χ0n) is 45.9. The van der Waals surface area contributed by atoms with E-state index in [4.69, 9.17) is 25.0 Å². The Kier molecular flexibility index (Phi) is 23.6. The van der Waals surface area contributed by atoms with E-state index in [9.17, 15) is 14.4 Å². The summed E-state index contributed by atoms with van der Waals surface area (Å²) in [6, 6.07) is 64.9. The molecule has 0 radical (unpaired) electrons. The molecular formula is C62H70N12O6. The van der Waals surface area contributed by atoms with Crippen LogP contribution in [-0.4, -0.2) is 90.5 Å². The molecule has 9 rings (SSSR count). The number of hydrogen-bond donors (Lipinski definition) is 5. The molecule has 18 heteroatoms. The van der Waals surface area contributed by atoms with E-state index in [0.29, 0.717) is 56.3 Å². The first-order chi connectivity index (χ1) is 38.9. The molecule has 2 heterocycles. The van der Waals surface area contributed by atoms with Crippen LogP contribution in [0.1, 0.15) is 94.8 Å². The highest BCUT2D eigenvalue weighted by Crippen LogP contribution is 2.39. The number of alkyl carbamates (subject to hydrolysis) is 1. The summed E-state index contributed by atoms with van der Waals surface area (Å²) in [5.74, 6) is 2.60. The predicted octanol–water partition coefficient (Wildman–Crippen LogP) is 9.31. The van der Waals surface area contributed by atoms with Crippen molar-refractivity contribution in [3.05, 3.63) is 251 Å². The molecule has 0 bridgehead atoms. The molecule has 3 amide bonds. The molecule has 2 aromatic heterocycles. The van der Waals surface area contributed by atoms with Gasteiger partial charge in [-0.15, -0.1) is 25.2 Å². The molecule has 18 nitrogen and oxygen atoms in total. The SMILES string of the molecule is CC(C)(C)OC(=O)NCCNC(=O)c1ccc(OCc2ccccc2)cc1.CCc1nn[nH]n1.CCc1nnn(C(c2ccccc2)(c2ccccc2)c2ccccc2)n1.NCCNC(=O)c1ccc(OCc2ccccc2)cc1. The van der Waals surface area contributed by atoms with Gasteiger partial charge in [-0.1, -0.05) is 171 Å². The molecule has 0 aliphatic carbocycles. The molecule has 0 fully saturated rings.